The van der Waals surface area contributed by atoms with Gasteiger partial charge in [-0.1, -0.05) is 6.92 Å². The normalized spacial score (nSPS) is 15.9. The maximum atomic E-state index is 5.48. The van der Waals surface area contributed by atoms with Crippen LogP contribution in [0.3, 0.4) is 0 Å². The Hall–Kier alpha value is -0.450. The molecular formula is C13H24N2OS. The summed E-state index contributed by atoms with van der Waals surface area (Å²) in [5, 5.41) is 4.70. The van der Waals surface area contributed by atoms with Crippen molar-refractivity contribution in [3.8, 4) is 0 Å². The van der Waals surface area contributed by atoms with Crippen molar-refractivity contribution in [1.82, 2.24) is 10.3 Å². The summed E-state index contributed by atoms with van der Waals surface area (Å²) in [7, 11) is 1.75. The van der Waals surface area contributed by atoms with E-state index < -0.39 is 0 Å². The van der Waals surface area contributed by atoms with Crippen LogP contribution >= 0.6 is 11.3 Å². The molecule has 2 unspecified atom stereocenters. The predicted octanol–water partition coefficient (Wildman–Crippen LogP) is 3.17. The number of aryl methyl sites for hydroxylation is 1. The number of ether oxygens (including phenoxy) is 1. The summed E-state index contributed by atoms with van der Waals surface area (Å²) in [6.07, 6.45) is 3.04. The average Bonchev–Trinajstić information content (AvgIpc) is 2.77. The Labute approximate surface area is 109 Å². The third kappa shape index (κ3) is 3.76. The second kappa shape index (κ2) is 5.94. The van der Waals surface area contributed by atoms with Gasteiger partial charge in [-0.2, -0.15) is 0 Å². The van der Waals surface area contributed by atoms with Crippen molar-refractivity contribution >= 4 is 11.3 Å². The first-order chi connectivity index (χ1) is 7.90. The number of nitrogens with one attached hydrogen (secondary N) is 1. The van der Waals surface area contributed by atoms with Gasteiger partial charge in [-0.3, -0.25) is 0 Å². The molecule has 0 aliphatic heterocycles. The zero-order valence-electron chi connectivity index (χ0n) is 11.7. The van der Waals surface area contributed by atoms with Crippen LogP contribution in [0.1, 0.15) is 50.5 Å². The topological polar surface area (TPSA) is 34.2 Å². The summed E-state index contributed by atoms with van der Waals surface area (Å²) < 4.78 is 5.48. The van der Waals surface area contributed by atoms with Crippen molar-refractivity contribution in [2.75, 3.05) is 7.11 Å². The van der Waals surface area contributed by atoms with Crippen LogP contribution in [-0.2, 0) is 11.2 Å². The van der Waals surface area contributed by atoms with Gasteiger partial charge in [0.05, 0.1) is 11.6 Å². The minimum atomic E-state index is -0.168. The minimum absolute atomic E-state index is 0.168. The van der Waals surface area contributed by atoms with Crippen LogP contribution in [-0.4, -0.2) is 23.7 Å². The lowest BCUT2D eigenvalue weighted by molar-refractivity contribution is -0.00765. The Morgan fingerprint density at radius 3 is 2.59 bits per heavy atom. The molecule has 1 aromatic heterocycles. The highest BCUT2D eigenvalue weighted by Crippen LogP contribution is 2.23. The van der Waals surface area contributed by atoms with Crippen LogP contribution in [0.2, 0.25) is 0 Å². The van der Waals surface area contributed by atoms with E-state index in [0.29, 0.717) is 0 Å². The fourth-order valence-corrected chi connectivity index (χ4v) is 2.38. The van der Waals surface area contributed by atoms with E-state index in [1.165, 1.54) is 4.88 Å². The Balaban J connectivity index is 2.62. The van der Waals surface area contributed by atoms with Crippen molar-refractivity contribution in [2.24, 2.45) is 0 Å². The largest absolute Gasteiger partial charge is 0.377 e. The molecule has 3 nitrogen and oxygen atoms in total. The highest BCUT2D eigenvalue weighted by atomic mass is 32.1. The van der Waals surface area contributed by atoms with E-state index in [1.807, 2.05) is 6.20 Å². The molecule has 0 fully saturated rings. The maximum absolute atomic E-state index is 5.48. The Morgan fingerprint density at radius 2 is 2.12 bits per heavy atom. The number of aromatic nitrogens is 1. The summed E-state index contributed by atoms with van der Waals surface area (Å²) >= 11 is 1.79. The number of thiazole rings is 1. The van der Waals surface area contributed by atoms with E-state index in [9.17, 15) is 0 Å². The number of methoxy groups -OCH3 is 1. The van der Waals surface area contributed by atoms with Gasteiger partial charge in [0.25, 0.3) is 0 Å². The SMILES string of the molecule is CCc1cnc(C(C)NC(C)C(C)(C)OC)s1. The lowest BCUT2D eigenvalue weighted by atomic mass is 10.00. The molecule has 0 aliphatic rings. The van der Waals surface area contributed by atoms with Gasteiger partial charge in [-0.15, -0.1) is 11.3 Å². The summed E-state index contributed by atoms with van der Waals surface area (Å²) in [5.74, 6) is 0. The van der Waals surface area contributed by atoms with Gasteiger partial charge in [0.1, 0.15) is 5.01 Å². The lowest BCUT2D eigenvalue weighted by Gasteiger charge is -2.32. The van der Waals surface area contributed by atoms with Crippen molar-refractivity contribution in [3.05, 3.63) is 16.1 Å². The van der Waals surface area contributed by atoms with E-state index in [-0.39, 0.29) is 17.7 Å². The molecule has 1 N–H and O–H groups in total. The first-order valence-corrected chi connectivity index (χ1v) is 6.98. The van der Waals surface area contributed by atoms with Crippen LogP contribution in [0, 0.1) is 0 Å². The van der Waals surface area contributed by atoms with Gasteiger partial charge in [-0.25, -0.2) is 4.98 Å². The summed E-state index contributed by atoms with van der Waals surface area (Å²) in [6.45, 7) is 10.6. The summed E-state index contributed by atoms with van der Waals surface area (Å²) in [4.78, 5) is 5.80. The molecule has 0 amide bonds. The smallest absolute Gasteiger partial charge is 0.109 e. The van der Waals surface area contributed by atoms with Gasteiger partial charge >= 0.3 is 0 Å². The van der Waals surface area contributed by atoms with E-state index in [0.717, 1.165) is 11.4 Å². The highest BCUT2D eigenvalue weighted by Gasteiger charge is 2.27. The van der Waals surface area contributed by atoms with Crippen molar-refractivity contribution < 1.29 is 4.74 Å². The van der Waals surface area contributed by atoms with Gasteiger partial charge < -0.3 is 10.1 Å². The second-order valence-corrected chi connectivity index (χ2v) is 6.08. The maximum Gasteiger partial charge on any atom is 0.109 e. The second-order valence-electron chi connectivity index (χ2n) is 4.94. The fourth-order valence-electron chi connectivity index (χ4n) is 1.51. The molecule has 0 spiro atoms. The molecule has 4 heteroatoms. The van der Waals surface area contributed by atoms with Crippen molar-refractivity contribution in [2.45, 2.75) is 58.7 Å². The van der Waals surface area contributed by atoms with Crippen LogP contribution < -0.4 is 5.32 Å². The Kier molecular flexibility index (Phi) is 5.10. The number of rotatable bonds is 6. The van der Waals surface area contributed by atoms with Crippen molar-refractivity contribution in [1.29, 1.82) is 0 Å². The standard InChI is InChI=1S/C13H24N2OS/c1-7-11-8-14-12(17-11)9(2)15-10(3)13(4,5)16-6/h8-10,15H,7H2,1-6H3. The van der Waals surface area contributed by atoms with E-state index in [2.05, 4.69) is 44.9 Å². The molecule has 98 valence electrons. The number of hydrogen-bond donors (Lipinski definition) is 1. The summed E-state index contributed by atoms with van der Waals surface area (Å²) in [5.41, 5.74) is -0.168. The first-order valence-electron chi connectivity index (χ1n) is 6.16. The first kappa shape index (κ1) is 14.6. The molecule has 0 aromatic carbocycles. The van der Waals surface area contributed by atoms with Gasteiger partial charge in [0.15, 0.2) is 0 Å². The molecule has 1 aromatic rings. The molecule has 0 saturated carbocycles. The lowest BCUT2D eigenvalue weighted by Crippen LogP contribution is -2.46. The molecule has 0 saturated heterocycles. The third-order valence-electron chi connectivity index (χ3n) is 3.36. The zero-order chi connectivity index (χ0) is 13.1. The van der Waals surface area contributed by atoms with E-state index in [1.54, 1.807) is 18.4 Å². The number of hydrogen-bond acceptors (Lipinski definition) is 4. The van der Waals surface area contributed by atoms with Crippen LogP contribution in [0.25, 0.3) is 0 Å². The zero-order valence-corrected chi connectivity index (χ0v) is 12.5. The average molecular weight is 256 g/mol. The minimum Gasteiger partial charge on any atom is -0.377 e. The van der Waals surface area contributed by atoms with E-state index in [4.69, 9.17) is 4.74 Å². The van der Waals surface area contributed by atoms with Crippen LogP contribution in [0.5, 0.6) is 0 Å². The quantitative estimate of drug-likeness (QED) is 0.849. The van der Waals surface area contributed by atoms with E-state index >= 15 is 0 Å². The van der Waals surface area contributed by atoms with Crippen LogP contribution in [0.4, 0.5) is 0 Å². The Morgan fingerprint density at radius 1 is 1.47 bits per heavy atom. The molecule has 0 aliphatic carbocycles. The number of nitrogens with zero attached hydrogens (tertiary/aromatic N) is 1. The highest BCUT2D eigenvalue weighted by molar-refractivity contribution is 7.11. The fraction of sp³-hybridized carbons (Fsp3) is 0.769. The monoisotopic (exact) mass is 256 g/mol. The Bertz CT molecular complexity index is 349. The molecule has 17 heavy (non-hydrogen) atoms. The molecular weight excluding hydrogens is 232 g/mol. The third-order valence-corrected chi connectivity index (χ3v) is 4.68. The molecule has 1 rings (SSSR count). The van der Waals surface area contributed by atoms with Gasteiger partial charge in [0, 0.05) is 24.2 Å². The molecule has 0 bridgehead atoms. The molecule has 2 atom stereocenters. The van der Waals surface area contributed by atoms with Gasteiger partial charge in [0.2, 0.25) is 0 Å². The van der Waals surface area contributed by atoms with Crippen molar-refractivity contribution in [3.63, 3.8) is 0 Å². The molecule has 1 heterocycles. The predicted molar refractivity (Wildman–Crippen MR) is 73.6 cm³/mol. The van der Waals surface area contributed by atoms with Gasteiger partial charge in [-0.05, 0) is 34.1 Å². The van der Waals surface area contributed by atoms with Crippen LogP contribution in [0.15, 0.2) is 6.20 Å². The summed E-state index contributed by atoms with van der Waals surface area (Å²) in [6, 6.07) is 0.543. The molecule has 0 radical (unpaired) electrons.